The van der Waals surface area contributed by atoms with Gasteiger partial charge in [0, 0.05) is 5.56 Å². The SMILES string of the molecule is CCOc1cc(B2OC(C)(C)C(C)(C)O2)cc(C(=O)N(CC(=O)O)CC(=O)O)c1. The number of benzene rings is 1. The van der Waals surface area contributed by atoms with Crippen molar-refractivity contribution in [1.82, 2.24) is 4.90 Å². The second kappa shape index (κ2) is 8.42. The third kappa shape index (κ3) is 5.27. The maximum Gasteiger partial charge on any atom is 0.494 e. The van der Waals surface area contributed by atoms with Crippen LogP contribution in [-0.2, 0) is 18.9 Å². The van der Waals surface area contributed by atoms with Crippen molar-refractivity contribution in [3.8, 4) is 5.75 Å². The van der Waals surface area contributed by atoms with E-state index < -0.39 is 49.3 Å². The zero-order valence-corrected chi connectivity index (χ0v) is 17.2. The zero-order chi connectivity index (χ0) is 22.0. The highest BCUT2D eigenvalue weighted by Crippen LogP contribution is 2.36. The van der Waals surface area contributed by atoms with Crippen molar-refractivity contribution < 1.29 is 38.6 Å². The highest BCUT2D eigenvalue weighted by Gasteiger charge is 2.52. The second-order valence-corrected chi connectivity index (χ2v) is 7.76. The molecule has 0 unspecified atom stereocenters. The summed E-state index contributed by atoms with van der Waals surface area (Å²) in [6.45, 7) is 8.23. The van der Waals surface area contributed by atoms with Crippen LogP contribution in [0.1, 0.15) is 45.0 Å². The number of hydrogen-bond donors (Lipinski definition) is 2. The Morgan fingerprint density at radius 2 is 1.52 bits per heavy atom. The van der Waals surface area contributed by atoms with Gasteiger partial charge in [0.1, 0.15) is 18.8 Å². The standard InChI is InChI=1S/C19H26BNO8/c1-6-27-14-8-12(17(26)21(10-15(22)23)11-16(24)25)7-13(9-14)20-28-18(2,3)19(4,5)29-20/h7-9H,6,10-11H2,1-5H3,(H,22,23)(H,24,25). The first kappa shape index (κ1) is 22.7. The molecule has 0 bridgehead atoms. The van der Waals surface area contributed by atoms with Gasteiger partial charge in [0.15, 0.2) is 0 Å². The molecule has 2 rings (SSSR count). The number of carbonyl (C=O) groups is 3. The van der Waals surface area contributed by atoms with Gasteiger partial charge in [-0.25, -0.2) is 0 Å². The molecule has 0 spiro atoms. The predicted molar refractivity (Wildman–Crippen MR) is 105 cm³/mol. The van der Waals surface area contributed by atoms with Gasteiger partial charge in [-0.2, -0.15) is 0 Å². The van der Waals surface area contributed by atoms with E-state index in [0.29, 0.717) is 17.8 Å². The highest BCUT2D eigenvalue weighted by atomic mass is 16.7. The van der Waals surface area contributed by atoms with Crippen LogP contribution in [-0.4, -0.2) is 71.0 Å². The van der Waals surface area contributed by atoms with Gasteiger partial charge in [0.25, 0.3) is 5.91 Å². The van der Waals surface area contributed by atoms with Gasteiger partial charge in [-0.1, -0.05) is 0 Å². The number of aliphatic carboxylic acids is 2. The lowest BCUT2D eigenvalue weighted by Gasteiger charge is -2.32. The first-order valence-corrected chi connectivity index (χ1v) is 9.22. The van der Waals surface area contributed by atoms with Crippen molar-refractivity contribution in [3.63, 3.8) is 0 Å². The van der Waals surface area contributed by atoms with Crippen LogP contribution in [0.25, 0.3) is 0 Å². The van der Waals surface area contributed by atoms with Gasteiger partial charge < -0.3 is 29.2 Å². The van der Waals surface area contributed by atoms with E-state index in [2.05, 4.69) is 0 Å². The number of rotatable bonds is 8. The maximum absolute atomic E-state index is 12.9. The molecule has 0 aliphatic carbocycles. The Kier molecular flexibility index (Phi) is 6.59. The van der Waals surface area contributed by atoms with Gasteiger partial charge in [0.05, 0.1) is 17.8 Å². The number of carbonyl (C=O) groups excluding carboxylic acids is 1. The van der Waals surface area contributed by atoms with Crippen molar-refractivity contribution in [2.24, 2.45) is 0 Å². The minimum Gasteiger partial charge on any atom is -0.494 e. The molecular weight excluding hydrogens is 381 g/mol. The Bertz CT molecular complexity index is 775. The molecule has 1 saturated heterocycles. The van der Waals surface area contributed by atoms with E-state index in [1.165, 1.54) is 12.1 Å². The molecule has 0 saturated carbocycles. The molecule has 1 fully saturated rings. The Labute approximate surface area is 169 Å². The molecule has 10 heteroatoms. The summed E-state index contributed by atoms with van der Waals surface area (Å²) in [5.74, 6) is -3.00. The topological polar surface area (TPSA) is 123 Å². The van der Waals surface area contributed by atoms with Crippen LogP contribution in [0.2, 0.25) is 0 Å². The fourth-order valence-electron chi connectivity index (χ4n) is 2.82. The second-order valence-electron chi connectivity index (χ2n) is 7.76. The number of amides is 1. The van der Waals surface area contributed by atoms with E-state index in [1.54, 1.807) is 13.0 Å². The molecule has 158 valence electrons. The van der Waals surface area contributed by atoms with Gasteiger partial charge in [0.2, 0.25) is 0 Å². The quantitative estimate of drug-likeness (QED) is 0.612. The lowest BCUT2D eigenvalue weighted by Crippen LogP contribution is -2.41. The fourth-order valence-corrected chi connectivity index (χ4v) is 2.82. The largest absolute Gasteiger partial charge is 0.494 e. The highest BCUT2D eigenvalue weighted by molar-refractivity contribution is 6.62. The number of hydrogen-bond acceptors (Lipinski definition) is 6. The molecular formula is C19H26BNO8. The average Bonchev–Trinajstić information content (AvgIpc) is 2.80. The lowest BCUT2D eigenvalue weighted by molar-refractivity contribution is -0.140. The van der Waals surface area contributed by atoms with Crippen LogP contribution in [0.15, 0.2) is 18.2 Å². The fraction of sp³-hybridized carbons (Fsp3) is 0.526. The first-order valence-electron chi connectivity index (χ1n) is 9.22. The molecule has 0 aromatic heterocycles. The smallest absolute Gasteiger partial charge is 0.494 e. The van der Waals surface area contributed by atoms with E-state index in [-0.39, 0.29) is 5.56 Å². The van der Waals surface area contributed by atoms with E-state index in [4.69, 9.17) is 24.3 Å². The van der Waals surface area contributed by atoms with E-state index >= 15 is 0 Å². The van der Waals surface area contributed by atoms with E-state index in [1.807, 2.05) is 27.7 Å². The van der Waals surface area contributed by atoms with Crippen molar-refractivity contribution in [2.75, 3.05) is 19.7 Å². The number of nitrogens with zero attached hydrogens (tertiary/aromatic N) is 1. The zero-order valence-electron chi connectivity index (χ0n) is 17.2. The van der Waals surface area contributed by atoms with Crippen LogP contribution >= 0.6 is 0 Å². The van der Waals surface area contributed by atoms with Crippen molar-refractivity contribution in [1.29, 1.82) is 0 Å². The molecule has 0 atom stereocenters. The Hall–Kier alpha value is -2.59. The third-order valence-electron chi connectivity index (χ3n) is 4.95. The normalized spacial score (nSPS) is 17.1. The number of carboxylic acid groups (broad SMARTS) is 2. The number of ether oxygens (including phenoxy) is 1. The summed E-state index contributed by atoms with van der Waals surface area (Å²) in [6, 6.07) is 4.63. The van der Waals surface area contributed by atoms with Crippen LogP contribution in [0.3, 0.4) is 0 Å². The molecule has 1 aromatic rings. The van der Waals surface area contributed by atoms with E-state index in [0.717, 1.165) is 4.90 Å². The minimum atomic E-state index is -1.31. The van der Waals surface area contributed by atoms with Crippen molar-refractivity contribution in [2.45, 2.75) is 45.8 Å². The molecule has 9 nitrogen and oxygen atoms in total. The monoisotopic (exact) mass is 407 g/mol. The summed E-state index contributed by atoms with van der Waals surface area (Å²) in [5.41, 5.74) is -0.587. The van der Waals surface area contributed by atoms with Crippen LogP contribution in [0.4, 0.5) is 0 Å². The summed E-state index contributed by atoms with van der Waals surface area (Å²) >= 11 is 0. The van der Waals surface area contributed by atoms with Gasteiger partial charge in [-0.05, 0) is 58.3 Å². The van der Waals surface area contributed by atoms with E-state index in [9.17, 15) is 14.4 Å². The molecule has 1 heterocycles. The lowest BCUT2D eigenvalue weighted by atomic mass is 9.78. The molecule has 1 aliphatic heterocycles. The van der Waals surface area contributed by atoms with Crippen LogP contribution < -0.4 is 10.2 Å². The Balaban J connectivity index is 2.43. The molecule has 29 heavy (non-hydrogen) atoms. The molecule has 1 aromatic carbocycles. The van der Waals surface area contributed by atoms with Crippen LogP contribution in [0, 0.1) is 0 Å². The third-order valence-corrected chi connectivity index (χ3v) is 4.95. The van der Waals surface area contributed by atoms with Crippen molar-refractivity contribution in [3.05, 3.63) is 23.8 Å². The minimum absolute atomic E-state index is 0.0863. The molecule has 1 aliphatic rings. The Morgan fingerprint density at radius 3 is 1.97 bits per heavy atom. The molecule has 2 N–H and O–H groups in total. The summed E-state index contributed by atoms with van der Waals surface area (Å²) in [5, 5.41) is 18.0. The summed E-state index contributed by atoms with van der Waals surface area (Å²) in [6.07, 6.45) is 0. The predicted octanol–water partition coefficient (Wildman–Crippen LogP) is 0.996. The number of carboxylic acids is 2. The summed E-state index contributed by atoms with van der Waals surface area (Å²) in [4.78, 5) is 35.7. The summed E-state index contributed by atoms with van der Waals surface area (Å²) in [7, 11) is -0.764. The first-order chi connectivity index (χ1) is 13.4. The molecule has 1 amide bonds. The maximum atomic E-state index is 12.9. The molecule has 0 radical (unpaired) electrons. The van der Waals surface area contributed by atoms with Crippen LogP contribution in [0.5, 0.6) is 5.75 Å². The average molecular weight is 407 g/mol. The van der Waals surface area contributed by atoms with Crippen molar-refractivity contribution >= 4 is 30.4 Å². The van der Waals surface area contributed by atoms with Gasteiger partial charge >= 0.3 is 19.1 Å². The Morgan fingerprint density at radius 1 is 1.00 bits per heavy atom. The van der Waals surface area contributed by atoms with Gasteiger partial charge in [-0.15, -0.1) is 0 Å². The van der Waals surface area contributed by atoms with Gasteiger partial charge in [-0.3, -0.25) is 14.4 Å². The summed E-state index contributed by atoms with van der Waals surface area (Å²) < 4.78 is 17.6.